The third kappa shape index (κ3) is 4.07. The Morgan fingerprint density at radius 3 is 2.65 bits per heavy atom. The summed E-state index contributed by atoms with van der Waals surface area (Å²) in [7, 11) is 0. The summed E-state index contributed by atoms with van der Waals surface area (Å²) in [5.41, 5.74) is -0.340. The third-order valence-electron chi connectivity index (χ3n) is 2.24. The summed E-state index contributed by atoms with van der Waals surface area (Å²) >= 11 is 0. The summed E-state index contributed by atoms with van der Waals surface area (Å²) in [6.07, 6.45) is -4.38. The maximum absolute atomic E-state index is 12.4. The van der Waals surface area contributed by atoms with Crippen LogP contribution in [0.1, 0.15) is 18.1 Å². The zero-order valence-electron chi connectivity index (χ0n) is 9.08. The number of rotatable bonds is 4. The van der Waals surface area contributed by atoms with E-state index in [1.807, 2.05) is 0 Å². The second kappa shape index (κ2) is 5.18. The van der Waals surface area contributed by atoms with Gasteiger partial charge in [0.25, 0.3) is 0 Å². The van der Waals surface area contributed by atoms with Crippen molar-refractivity contribution in [3.8, 4) is 0 Å². The number of hydrogen-bond acceptors (Lipinski definition) is 2. The van der Waals surface area contributed by atoms with Gasteiger partial charge in [-0.05, 0) is 18.6 Å². The van der Waals surface area contributed by atoms with Gasteiger partial charge in [-0.25, -0.2) is 0 Å². The van der Waals surface area contributed by atoms with Gasteiger partial charge < -0.3 is 10.4 Å². The van der Waals surface area contributed by atoms with Gasteiger partial charge in [0.15, 0.2) is 0 Å². The lowest BCUT2D eigenvalue weighted by Crippen LogP contribution is -2.33. The summed E-state index contributed by atoms with van der Waals surface area (Å²) in [5, 5.41) is 11.2. The fraction of sp³-hybridized carbons (Fsp3) is 0.364. The molecule has 17 heavy (non-hydrogen) atoms. The Morgan fingerprint density at radius 1 is 1.47 bits per heavy atom. The molecule has 0 radical (unpaired) electrons. The van der Waals surface area contributed by atoms with E-state index in [0.29, 0.717) is 5.56 Å². The van der Waals surface area contributed by atoms with Gasteiger partial charge in [0.2, 0.25) is 0 Å². The lowest BCUT2D eigenvalue weighted by molar-refractivity contribution is -0.139. The molecular formula is C11H12F3NO2. The summed E-state index contributed by atoms with van der Waals surface area (Å²) in [6.45, 7) is 1.51. The fourth-order valence-corrected chi connectivity index (χ4v) is 1.22. The molecule has 2 N–H and O–H groups in total. The Kier molecular flexibility index (Phi) is 4.11. The van der Waals surface area contributed by atoms with Gasteiger partial charge in [0, 0.05) is 6.54 Å². The van der Waals surface area contributed by atoms with Gasteiger partial charge in [-0.1, -0.05) is 18.2 Å². The van der Waals surface area contributed by atoms with Crippen LogP contribution in [0.2, 0.25) is 0 Å². The molecule has 0 heterocycles. The number of halogens is 3. The predicted molar refractivity (Wildman–Crippen MR) is 55.4 cm³/mol. The van der Waals surface area contributed by atoms with Crippen LogP contribution in [0.4, 0.5) is 13.2 Å². The molecule has 1 atom stereocenters. The first-order valence-corrected chi connectivity index (χ1v) is 4.93. The Bertz CT molecular complexity index is 404. The molecule has 0 aliphatic heterocycles. The number of carboxylic acids is 1. The van der Waals surface area contributed by atoms with Crippen LogP contribution in [0, 0.1) is 0 Å². The SMILES string of the molecule is C[C@@H](NCc1cccc(C(F)(F)F)c1)C(=O)O. The average molecular weight is 247 g/mol. The van der Waals surface area contributed by atoms with Crippen LogP contribution in [0.25, 0.3) is 0 Å². The quantitative estimate of drug-likeness (QED) is 0.858. The van der Waals surface area contributed by atoms with Crippen molar-refractivity contribution in [3.63, 3.8) is 0 Å². The van der Waals surface area contributed by atoms with E-state index in [1.165, 1.54) is 19.1 Å². The summed E-state index contributed by atoms with van der Waals surface area (Å²) in [6, 6.07) is 3.98. The number of carboxylic acid groups (broad SMARTS) is 1. The second-order valence-corrected chi connectivity index (χ2v) is 3.64. The van der Waals surface area contributed by atoms with Crippen LogP contribution in [0.5, 0.6) is 0 Å². The first-order chi connectivity index (χ1) is 7.80. The summed E-state index contributed by atoms with van der Waals surface area (Å²) in [5.74, 6) is -1.04. The molecule has 0 aliphatic rings. The first-order valence-electron chi connectivity index (χ1n) is 4.93. The van der Waals surface area contributed by atoms with Crippen molar-refractivity contribution in [2.24, 2.45) is 0 Å². The molecule has 3 nitrogen and oxygen atoms in total. The molecule has 1 aromatic carbocycles. The lowest BCUT2D eigenvalue weighted by Gasteiger charge is -2.11. The summed E-state index contributed by atoms with van der Waals surface area (Å²) in [4.78, 5) is 10.5. The molecule has 0 saturated heterocycles. The van der Waals surface area contributed by atoms with E-state index in [-0.39, 0.29) is 6.54 Å². The Labute approximate surface area is 96.3 Å². The van der Waals surface area contributed by atoms with E-state index in [4.69, 9.17) is 5.11 Å². The zero-order valence-corrected chi connectivity index (χ0v) is 9.08. The number of benzene rings is 1. The van der Waals surface area contributed by atoms with Crippen LogP contribution in [-0.2, 0) is 17.5 Å². The van der Waals surface area contributed by atoms with Crippen LogP contribution in [-0.4, -0.2) is 17.1 Å². The molecule has 6 heteroatoms. The highest BCUT2D eigenvalue weighted by Gasteiger charge is 2.30. The molecule has 0 aliphatic carbocycles. The van der Waals surface area contributed by atoms with Crippen molar-refractivity contribution in [2.45, 2.75) is 25.7 Å². The van der Waals surface area contributed by atoms with Crippen molar-refractivity contribution in [1.29, 1.82) is 0 Å². The van der Waals surface area contributed by atoms with Gasteiger partial charge in [-0.2, -0.15) is 13.2 Å². The minimum Gasteiger partial charge on any atom is -0.480 e. The highest BCUT2D eigenvalue weighted by Crippen LogP contribution is 2.29. The van der Waals surface area contributed by atoms with Crippen molar-refractivity contribution in [2.75, 3.05) is 0 Å². The minimum absolute atomic E-state index is 0.0807. The predicted octanol–water partition coefficient (Wildman–Crippen LogP) is 2.27. The molecule has 0 aromatic heterocycles. The van der Waals surface area contributed by atoms with Gasteiger partial charge in [-0.3, -0.25) is 4.79 Å². The molecule has 0 bridgehead atoms. The monoisotopic (exact) mass is 247 g/mol. The van der Waals surface area contributed by atoms with Gasteiger partial charge in [-0.15, -0.1) is 0 Å². The number of carbonyl (C=O) groups is 1. The second-order valence-electron chi connectivity index (χ2n) is 3.64. The van der Waals surface area contributed by atoms with Crippen molar-refractivity contribution in [3.05, 3.63) is 35.4 Å². The normalized spacial score (nSPS) is 13.4. The molecule has 0 amide bonds. The molecule has 0 fully saturated rings. The highest BCUT2D eigenvalue weighted by molar-refractivity contribution is 5.72. The lowest BCUT2D eigenvalue weighted by atomic mass is 10.1. The van der Waals surface area contributed by atoms with Gasteiger partial charge in [0.1, 0.15) is 6.04 Å². The summed E-state index contributed by atoms with van der Waals surface area (Å²) < 4.78 is 37.1. The number of nitrogens with one attached hydrogen (secondary N) is 1. The van der Waals surface area contributed by atoms with Crippen LogP contribution in [0.15, 0.2) is 24.3 Å². The zero-order chi connectivity index (χ0) is 13.1. The number of hydrogen-bond donors (Lipinski definition) is 2. The number of aliphatic carboxylic acids is 1. The molecule has 94 valence electrons. The van der Waals surface area contributed by atoms with E-state index < -0.39 is 23.8 Å². The smallest absolute Gasteiger partial charge is 0.416 e. The maximum atomic E-state index is 12.4. The Balaban J connectivity index is 2.70. The molecular weight excluding hydrogens is 235 g/mol. The van der Waals surface area contributed by atoms with Gasteiger partial charge >= 0.3 is 12.1 Å². The highest BCUT2D eigenvalue weighted by atomic mass is 19.4. The fourth-order valence-electron chi connectivity index (χ4n) is 1.22. The topological polar surface area (TPSA) is 49.3 Å². The van der Waals surface area contributed by atoms with E-state index in [1.54, 1.807) is 0 Å². The van der Waals surface area contributed by atoms with E-state index in [0.717, 1.165) is 12.1 Å². The standard InChI is InChI=1S/C11H12F3NO2/c1-7(10(16)17)15-6-8-3-2-4-9(5-8)11(12,13)14/h2-5,7,15H,6H2,1H3,(H,16,17)/t7-/m1/s1. The molecule has 0 saturated carbocycles. The minimum atomic E-state index is -4.38. The third-order valence-corrected chi connectivity index (χ3v) is 2.24. The van der Waals surface area contributed by atoms with E-state index >= 15 is 0 Å². The molecule has 0 unspecified atom stereocenters. The van der Waals surface area contributed by atoms with Crippen LogP contribution >= 0.6 is 0 Å². The van der Waals surface area contributed by atoms with Crippen molar-refractivity contribution < 1.29 is 23.1 Å². The number of alkyl halides is 3. The van der Waals surface area contributed by atoms with Crippen LogP contribution < -0.4 is 5.32 Å². The molecule has 1 rings (SSSR count). The Hall–Kier alpha value is -1.56. The van der Waals surface area contributed by atoms with Crippen molar-refractivity contribution in [1.82, 2.24) is 5.32 Å². The van der Waals surface area contributed by atoms with E-state index in [2.05, 4.69) is 5.32 Å². The van der Waals surface area contributed by atoms with Gasteiger partial charge in [0.05, 0.1) is 5.56 Å². The maximum Gasteiger partial charge on any atom is 0.416 e. The average Bonchev–Trinajstić information content (AvgIpc) is 2.25. The Morgan fingerprint density at radius 2 is 2.12 bits per heavy atom. The largest absolute Gasteiger partial charge is 0.480 e. The van der Waals surface area contributed by atoms with Crippen molar-refractivity contribution >= 4 is 5.97 Å². The first kappa shape index (κ1) is 13.5. The molecule has 1 aromatic rings. The van der Waals surface area contributed by atoms with E-state index in [9.17, 15) is 18.0 Å². The van der Waals surface area contributed by atoms with Crippen LogP contribution in [0.3, 0.4) is 0 Å². The molecule has 0 spiro atoms.